The normalized spacial score (nSPS) is 30.9. The lowest BCUT2D eigenvalue weighted by Gasteiger charge is -2.58. The SMILES string of the molecule is CCCc1cc(C(=O)c2ccccc2)ccc1C(=O)NC1C2CC3CC1CC(O)(C3)C2. The van der Waals surface area contributed by atoms with Gasteiger partial charge in [-0.3, -0.25) is 9.59 Å². The first-order chi connectivity index (χ1) is 15.0. The second-order valence-corrected chi connectivity index (χ2v) is 10.0. The van der Waals surface area contributed by atoms with E-state index in [2.05, 4.69) is 12.2 Å². The fraction of sp³-hybridized carbons (Fsp3) is 0.481. The average molecular weight is 418 g/mol. The fourth-order valence-corrected chi connectivity index (χ4v) is 6.64. The minimum absolute atomic E-state index is 0.0146. The molecule has 4 bridgehead atoms. The zero-order valence-electron chi connectivity index (χ0n) is 18.1. The van der Waals surface area contributed by atoms with Crippen molar-refractivity contribution in [1.82, 2.24) is 5.32 Å². The van der Waals surface area contributed by atoms with E-state index >= 15 is 0 Å². The number of carbonyl (C=O) groups excluding carboxylic acids is 2. The van der Waals surface area contributed by atoms with Crippen molar-refractivity contribution in [1.29, 1.82) is 0 Å². The van der Waals surface area contributed by atoms with Gasteiger partial charge in [0.15, 0.2) is 5.78 Å². The molecule has 4 nitrogen and oxygen atoms in total. The molecule has 0 aromatic heterocycles. The molecule has 0 heterocycles. The third kappa shape index (κ3) is 3.82. The van der Waals surface area contributed by atoms with Gasteiger partial charge < -0.3 is 10.4 Å². The van der Waals surface area contributed by atoms with Gasteiger partial charge >= 0.3 is 0 Å². The van der Waals surface area contributed by atoms with Gasteiger partial charge in [-0.25, -0.2) is 0 Å². The first-order valence-electron chi connectivity index (χ1n) is 11.7. The van der Waals surface area contributed by atoms with Crippen LogP contribution in [0.2, 0.25) is 0 Å². The van der Waals surface area contributed by atoms with Crippen molar-refractivity contribution in [2.75, 3.05) is 0 Å². The molecule has 0 spiro atoms. The number of hydrogen-bond acceptors (Lipinski definition) is 3. The van der Waals surface area contributed by atoms with E-state index in [4.69, 9.17) is 0 Å². The van der Waals surface area contributed by atoms with Crippen LogP contribution < -0.4 is 5.32 Å². The van der Waals surface area contributed by atoms with Gasteiger partial charge in [0.1, 0.15) is 0 Å². The number of ketones is 1. The molecule has 4 aliphatic carbocycles. The molecule has 0 aliphatic heterocycles. The molecule has 2 aromatic rings. The van der Waals surface area contributed by atoms with Crippen LogP contribution in [-0.4, -0.2) is 28.4 Å². The van der Waals surface area contributed by atoms with Crippen molar-refractivity contribution in [3.63, 3.8) is 0 Å². The van der Waals surface area contributed by atoms with E-state index in [1.54, 1.807) is 6.07 Å². The van der Waals surface area contributed by atoms with E-state index in [0.717, 1.165) is 50.5 Å². The summed E-state index contributed by atoms with van der Waals surface area (Å²) in [6.07, 6.45) is 6.49. The van der Waals surface area contributed by atoms with Crippen molar-refractivity contribution >= 4 is 11.7 Å². The molecular formula is C27H31NO3. The van der Waals surface area contributed by atoms with Crippen LogP contribution in [0.25, 0.3) is 0 Å². The van der Waals surface area contributed by atoms with Crippen LogP contribution in [0, 0.1) is 17.8 Å². The van der Waals surface area contributed by atoms with Gasteiger partial charge in [0.25, 0.3) is 5.91 Å². The van der Waals surface area contributed by atoms with Crippen LogP contribution in [0.3, 0.4) is 0 Å². The van der Waals surface area contributed by atoms with Crippen LogP contribution in [-0.2, 0) is 6.42 Å². The van der Waals surface area contributed by atoms with E-state index in [1.165, 1.54) is 0 Å². The van der Waals surface area contributed by atoms with Crippen LogP contribution >= 0.6 is 0 Å². The number of aryl methyl sites for hydroxylation is 1. The highest BCUT2D eigenvalue weighted by atomic mass is 16.3. The predicted octanol–water partition coefficient (Wildman–Crippen LogP) is 4.54. The summed E-state index contributed by atoms with van der Waals surface area (Å²) in [7, 11) is 0. The number of rotatable bonds is 6. The number of benzene rings is 2. The summed E-state index contributed by atoms with van der Waals surface area (Å²) < 4.78 is 0. The number of hydrogen-bond donors (Lipinski definition) is 2. The molecule has 2 N–H and O–H groups in total. The minimum atomic E-state index is -0.495. The molecule has 6 rings (SSSR count). The molecule has 4 heteroatoms. The molecule has 2 unspecified atom stereocenters. The maximum Gasteiger partial charge on any atom is 0.251 e. The first kappa shape index (κ1) is 20.4. The van der Waals surface area contributed by atoms with Crippen molar-refractivity contribution in [3.05, 3.63) is 70.8 Å². The van der Waals surface area contributed by atoms with Crippen LogP contribution in [0.1, 0.15) is 77.3 Å². The van der Waals surface area contributed by atoms with Gasteiger partial charge in [-0.1, -0.05) is 49.7 Å². The van der Waals surface area contributed by atoms with Gasteiger partial charge in [0.2, 0.25) is 0 Å². The zero-order chi connectivity index (χ0) is 21.6. The Hall–Kier alpha value is -2.46. The lowest BCUT2D eigenvalue weighted by Crippen LogP contribution is -2.61. The summed E-state index contributed by atoms with van der Waals surface area (Å²) >= 11 is 0. The van der Waals surface area contributed by atoms with E-state index in [9.17, 15) is 14.7 Å². The van der Waals surface area contributed by atoms with E-state index < -0.39 is 5.60 Å². The highest BCUT2D eigenvalue weighted by molar-refractivity contribution is 6.09. The van der Waals surface area contributed by atoms with Crippen molar-refractivity contribution in [2.24, 2.45) is 17.8 Å². The van der Waals surface area contributed by atoms with Crippen LogP contribution in [0.15, 0.2) is 48.5 Å². The zero-order valence-corrected chi connectivity index (χ0v) is 18.1. The maximum atomic E-state index is 13.3. The fourth-order valence-electron chi connectivity index (χ4n) is 6.64. The lowest BCUT2D eigenvalue weighted by atomic mass is 9.52. The van der Waals surface area contributed by atoms with Gasteiger partial charge in [-0.2, -0.15) is 0 Å². The quantitative estimate of drug-likeness (QED) is 0.678. The Morgan fingerprint density at radius 3 is 2.35 bits per heavy atom. The minimum Gasteiger partial charge on any atom is -0.390 e. The first-order valence-corrected chi connectivity index (χ1v) is 11.7. The Morgan fingerprint density at radius 2 is 1.71 bits per heavy atom. The standard InChI is InChI=1S/C27H31NO3/c1-2-6-19-13-20(25(29)18-7-4-3-5-8-18)9-10-23(19)26(30)28-24-21-11-17-12-22(24)16-27(31,14-17)15-21/h3-5,7-10,13,17,21-22,24,31H,2,6,11-12,14-16H2,1H3,(H,28,30). The molecule has 4 aliphatic rings. The molecule has 162 valence electrons. The van der Waals surface area contributed by atoms with Gasteiger partial charge in [0.05, 0.1) is 5.60 Å². The number of amides is 1. The largest absolute Gasteiger partial charge is 0.390 e. The molecule has 0 saturated heterocycles. The van der Waals surface area contributed by atoms with Crippen molar-refractivity contribution in [2.45, 2.75) is 63.5 Å². The molecule has 31 heavy (non-hydrogen) atoms. The molecular weight excluding hydrogens is 386 g/mol. The molecule has 0 radical (unpaired) electrons. The van der Waals surface area contributed by atoms with Gasteiger partial charge in [-0.05, 0) is 74.0 Å². The van der Waals surface area contributed by atoms with Crippen molar-refractivity contribution in [3.8, 4) is 0 Å². The van der Waals surface area contributed by atoms with Crippen LogP contribution in [0.4, 0.5) is 0 Å². The van der Waals surface area contributed by atoms with E-state index in [0.29, 0.717) is 34.4 Å². The lowest BCUT2D eigenvalue weighted by molar-refractivity contribution is -0.136. The number of carbonyl (C=O) groups is 2. The maximum absolute atomic E-state index is 13.3. The summed E-state index contributed by atoms with van der Waals surface area (Å²) in [4.78, 5) is 26.2. The molecule has 1 amide bonds. The Morgan fingerprint density at radius 1 is 1.00 bits per heavy atom. The second-order valence-electron chi connectivity index (χ2n) is 10.0. The summed E-state index contributed by atoms with van der Waals surface area (Å²) in [5.74, 6) is 1.34. The summed E-state index contributed by atoms with van der Waals surface area (Å²) in [5, 5.41) is 14.2. The predicted molar refractivity (Wildman–Crippen MR) is 120 cm³/mol. The summed E-state index contributed by atoms with van der Waals surface area (Å²) in [5.41, 5.74) is 2.41. The Balaban J connectivity index is 1.37. The summed E-state index contributed by atoms with van der Waals surface area (Å²) in [6.45, 7) is 2.09. The van der Waals surface area contributed by atoms with Gasteiger partial charge in [0, 0.05) is 22.7 Å². The third-order valence-corrected chi connectivity index (χ3v) is 7.71. The highest BCUT2D eigenvalue weighted by Gasteiger charge is 2.55. The average Bonchev–Trinajstić information content (AvgIpc) is 2.75. The highest BCUT2D eigenvalue weighted by Crippen LogP contribution is 2.55. The monoisotopic (exact) mass is 417 g/mol. The molecule has 4 saturated carbocycles. The Bertz CT molecular complexity index is 983. The molecule has 2 atom stereocenters. The Kier molecular flexibility index (Phi) is 5.21. The molecule has 2 aromatic carbocycles. The van der Waals surface area contributed by atoms with Crippen molar-refractivity contribution < 1.29 is 14.7 Å². The third-order valence-electron chi connectivity index (χ3n) is 7.71. The number of nitrogens with one attached hydrogen (secondary N) is 1. The van der Waals surface area contributed by atoms with Crippen LogP contribution in [0.5, 0.6) is 0 Å². The van der Waals surface area contributed by atoms with E-state index in [-0.39, 0.29) is 17.7 Å². The number of aliphatic hydroxyl groups is 1. The van der Waals surface area contributed by atoms with E-state index in [1.807, 2.05) is 42.5 Å². The molecule has 4 fully saturated rings. The second kappa shape index (κ2) is 7.90. The van der Waals surface area contributed by atoms with Gasteiger partial charge in [-0.15, -0.1) is 0 Å². The topological polar surface area (TPSA) is 66.4 Å². The smallest absolute Gasteiger partial charge is 0.251 e. The summed E-state index contributed by atoms with van der Waals surface area (Å²) in [6, 6.07) is 14.9. The Labute approximate surface area is 184 Å².